The van der Waals surface area contributed by atoms with Crippen LogP contribution in [0.25, 0.3) is 16.9 Å². The summed E-state index contributed by atoms with van der Waals surface area (Å²) in [5.41, 5.74) is 2.15. The summed E-state index contributed by atoms with van der Waals surface area (Å²) in [7, 11) is 0. The second-order valence-electron chi connectivity index (χ2n) is 3.97. The van der Waals surface area contributed by atoms with Crippen molar-refractivity contribution in [2.45, 2.75) is 13.3 Å². The van der Waals surface area contributed by atoms with E-state index in [-0.39, 0.29) is 5.82 Å². The molecule has 2 heterocycles. The van der Waals surface area contributed by atoms with Crippen LogP contribution in [-0.4, -0.2) is 19.8 Å². The van der Waals surface area contributed by atoms with Gasteiger partial charge in [0, 0.05) is 12.0 Å². The van der Waals surface area contributed by atoms with Crippen LogP contribution in [-0.2, 0) is 6.42 Å². The van der Waals surface area contributed by atoms with Crippen LogP contribution in [0, 0.1) is 5.82 Å². The summed E-state index contributed by atoms with van der Waals surface area (Å²) in [6.45, 7) is 1.99. The van der Waals surface area contributed by atoms with E-state index in [1.54, 1.807) is 10.6 Å². The number of rotatable bonds is 2. The van der Waals surface area contributed by atoms with E-state index in [4.69, 9.17) is 0 Å². The average molecular weight is 242 g/mol. The zero-order valence-corrected chi connectivity index (χ0v) is 9.84. The van der Waals surface area contributed by atoms with E-state index in [0.29, 0.717) is 11.3 Å². The van der Waals surface area contributed by atoms with E-state index in [0.717, 1.165) is 17.8 Å². The van der Waals surface area contributed by atoms with E-state index >= 15 is 0 Å². The van der Waals surface area contributed by atoms with Gasteiger partial charge in [-0.2, -0.15) is 9.61 Å². The average Bonchev–Trinajstić information content (AvgIpc) is 2.80. The molecule has 0 aliphatic heterocycles. The number of fused-ring (bicyclic) bond motifs is 1. The van der Waals surface area contributed by atoms with Crippen LogP contribution < -0.4 is 0 Å². The van der Waals surface area contributed by atoms with Gasteiger partial charge in [0.2, 0.25) is 0 Å². The van der Waals surface area contributed by atoms with Crippen LogP contribution in [0.1, 0.15) is 12.7 Å². The number of hydrogen-bond acceptors (Lipinski definition) is 3. The predicted molar refractivity (Wildman–Crippen MR) is 65.6 cm³/mol. The summed E-state index contributed by atoms with van der Waals surface area (Å²) in [5.74, 6) is 0.525. The second-order valence-corrected chi connectivity index (χ2v) is 3.97. The van der Waals surface area contributed by atoms with Gasteiger partial charge in [-0.15, -0.1) is 10.2 Å². The van der Waals surface area contributed by atoms with Gasteiger partial charge in [-0.3, -0.25) is 0 Å². The zero-order chi connectivity index (χ0) is 12.5. The maximum atomic E-state index is 13.2. The van der Waals surface area contributed by atoms with Crippen molar-refractivity contribution in [3.05, 3.63) is 48.0 Å². The molecule has 0 fully saturated rings. The molecule has 5 heteroatoms. The van der Waals surface area contributed by atoms with Crippen molar-refractivity contribution in [1.82, 2.24) is 19.8 Å². The Balaban J connectivity index is 2.18. The third-order valence-electron chi connectivity index (χ3n) is 2.76. The third-order valence-corrected chi connectivity index (χ3v) is 2.76. The summed E-state index contributed by atoms with van der Waals surface area (Å²) < 4.78 is 14.9. The first kappa shape index (κ1) is 10.8. The van der Waals surface area contributed by atoms with Gasteiger partial charge < -0.3 is 0 Å². The monoisotopic (exact) mass is 242 g/mol. The first-order valence-corrected chi connectivity index (χ1v) is 5.75. The lowest BCUT2D eigenvalue weighted by molar-refractivity contribution is 0.628. The van der Waals surface area contributed by atoms with Gasteiger partial charge in [0.05, 0.1) is 5.69 Å². The highest BCUT2D eigenvalue weighted by Gasteiger charge is 2.07. The molecule has 0 N–H and O–H groups in total. The fraction of sp³-hybridized carbons (Fsp3) is 0.154. The molecule has 0 saturated carbocycles. The first-order chi connectivity index (χ1) is 8.78. The smallest absolute Gasteiger partial charge is 0.177 e. The van der Waals surface area contributed by atoms with Crippen molar-refractivity contribution in [3.8, 4) is 11.3 Å². The van der Waals surface area contributed by atoms with E-state index < -0.39 is 0 Å². The Morgan fingerprint density at radius 3 is 2.83 bits per heavy atom. The van der Waals surface area contributed by atoms with Crippen LogP contribution in [0.15, 0.2) is 36.4 Å². The molecule has 3 rings (SSSR count). The molecule has 4 nitrogen and oxygen atoms in total. The Bertz CT molecular complexity index is 705. The van der Waals surface area contributed by atoms with Crippen LogP contribution >= 0.6 is 0 Å². The van der Waals surface area contributed by atoms with E-state index in [2.05, 4.69) is 15.3 Å². The van der Waals surface area contributed by atoms with Gasteiger partial charge in [0.15, 0.2) is 11.5 Å². The predicted octanol–water partition coefficient (Wildman–Crippen LogP) is 2.49. The van der Waals surface area contributed by atoms with Crippen molar-refractivity contribution in [2.24, 2.45) is 0 Å². The Morgan fingerprint density at radius 2 is 2.06 bits per heavy atom. The molecule has 0 bridgehead atoms. The molecule has 90 valence electrons. The van der Waals surface area contributed by atoms with Crippen molar-refractivity contribution in [1.29, 1.82) is 0 Å². The Kier molecular flexibility index (Phi) is 2.51. The highest BCUT2D eigenvalue weighted by molar-refractivity contribution is 5.60. The molecular weight excluding hydrogens is 231 g/mol. The lowest BCUT2D eigenvalue weighted by atomic mass is 10.1. The Morgan fingerprint density at radius 1 is 1.17 bits per heavy atom. The molecule has 0 unspecified atom stereocenters. The SMILES string of the molecule is CCc1nnc2ccc(-c3cccc(F)c3)nn12. The maximum absolute atomic E-state index is 13.2. The van der Waals surface area contributed by atoms with E-state index in [9.17, 15) is 4.39 Å². The summed E-state index contributed by atoms with van der Waals surface area (Å²) in [5, 5.41) is 12.5. The van der Waals surface area contributed by atoms with Gasteiger partial charge in [0.1, 0.15) is 5.82 Å². The maximum Gasteiger partial charge on any atom is 0.177 e. The molecule has 2 aromatic heterocycles. The Labute approximate surface area is 103 Å². The number of benzene rings is 1. The number of halogens is 1. The Hall–Kier alpha value is -2.30. The zero-order valence-electron chi connectivity index (χ0n) is 9.84. The van der Waals surface area contributed by atoms with Gasteiger partial charge in [0.25, 0.3) is 0 Å². The summed E-state index contributed by atoms with van der Waals surface area (Å²) in [4.78, 5) is 0. The van der Waals surface area contributed by atoms with Gasteiger partial charge in [-0.25, -0.2) is 4.39 Å². The largest absolute Gasteiger partial charge is 0.207 e. The first-order valence-electron chi connectivity index (χ1n) is 5.75. The van der Waals surface area contributed by atoms with Crippen molar-refractivity contribution < 1.29 is 4.39 Å². The lowest BCUT2D eigenvalue weighted by Gasteiger charge is -2.02. The fourth-order valence-corrected chi connectivity index (χ4v) is 1.86. The van der Waals surface area contributed by atoms with Crippen molar-refractivity contribution in [3.63, 3.8) is 0 Å². The molecule has 0 aliphatic carbocycles. The van der Waals surface area contributed by atoms with Crippen LogP contribution in [0.5, 0.6) is 0 Å². The molecule has 3 aromatic rings. The minimum Gasteiger partial charge on any atom is -0.207 e. The molecule has 0 aliphatic rings. The highest BCUT2D eigenvalue weighted by atomic mass is 19.1. The van der Waals surface area contributed by atoms with Crippen LogP contribution in [0.2, 0.25) is 0 Å². The lowest BCUT2D eigenvalue weighted by Crippen LogP contribution is -1.99. The minimum atomic E-state index is -0.270. The van der Waals surface area contributed by atoms with Gasteiger partial charge in [-0.1, -0.05) is 19.1 Å². The second kappa shape index (κ2) is 4.18. The van der Waals surface area contributed by atoms with Crippen molar-refractivity contribution in [2.75, 3.05) is 0 Å². The highest BCUT2D eigenvalue weighted by Crippen LogP contribution is 2.18. The molecule has 0 amide bonds. The standard InChI is InChI=1S/C13H11FN4/c1-2-12-15-16-13-7-6-11(17-18(12)13)9-4-3-5-10(14)8-9/h3-8H,2H2,1H3. The molecule has 1 aromatic carbocycles. The van der Waals surface area contributed by atoms with E-state index in [1.165, 1.54) is 12.1 Å². The molecule has 0 saturated heterocycles. The van der Waals surface area contributed by atoms with Crippen LogP contribution in [0.4, 0.5) is 4.39 Å². The van der Waals surface area contributed by atoms with Crippen LogP contribution in [0.3, 0.4) is 0 Å². The summed E-state index contributed by atoms with van der Waals surface area (Å²) >= 11 is 0. The number of hydrogen-bond donors (Lipinski definition) is 0. The molecular formula is C13H11FN4. The topological polar surface area (TPSA) is 43.1 Å². The van der Waals surface area contributed by atoms with Crippen molar-refractivity contribution >= 4 is 5.65 Å². The minimum absolute atomic E-state index is 0.270. The van der Waals surface area contributed by atoms with Gasteiger partial charge >= 0.3 is 0 Å². The number of nitrogens with zero attached hydrogens (tertiary/aromatic N) is 4. The number of aromatic nitrogens is 4. The quantitative estimate of drug-likeness (QED) is 0.693. The van der Waals surface area contributed by atoms with E-state index in [1.807, 2.05) is 25.1 Å². The summed E-state index contributed by atoms with van der Waals surface area (Å²) in [6, 6.07) is 10.0. The number of aryl methyl sites for hydroxylation is 1. The molecule has 0 atom stereocenters. The molecule has 0 spiro atoms. The molecule has 0 radical (unpaired) electrons. The summed E-state index contributed by atoms with van der Waals surface area (Å²) in [6.07, 6.45) is 0.751. The fourth-order valence-electron chi connectivity index (χ4n) is 1.86. The normalized spacial score (nSPS) is 11.0. The third kappa shape index (κ3) is 1.73. The van der Waals surface area contributed by atoms with Gasteiger partial charge in [-0.05, 0) is 24.3 Å². The molecule has 18 heavy (non-hydrogen) atoms.